The van der Waals surface area contributed by atoms with Gasteiger partial charge in [0.25, 0.3) is 5.91 Å². The number of methoxy groups -OCH3 is 1. The lowest BCUT2D eigenvalue weighted by Gasteiger charge is -2.34. The van der Waals surface area contributed by atoms with Gasteiger partial charge in [0.15, 0.2) is 0 Å². The van der Waals surface area contributed by atoms with E-state index < -0.39 is 5.60 Å². The number of aromatic nitrogens is 2. The highest BCUT2D eigenvalue weighted by atomic mass is 35.5. The predicted molar refractivity (Wildman–Crippen MR) is 143 cm³/mol. The zero-order valence-electron chi connectivity index (χ0n) is 21.7. The van der Waals surface area contributed by atoms with E-state index in [1.54, 1.807) is 24.3 Å². The van der Waals surface area contributed by atoms with Crippen molar-refractivity contribution in [3.8, 4) is 11.4 Å². The molecule has 1 N–H and O–H groups in total. The summed E-state index contributed by atoms with van der Waals surface area (Å²) < 4.78 is 12.7. The highest BCUT2D eigenvalue weighted by Crippen LogP contribution is 2.33. The van der Waals surface area contributed by atoms with Crippen LogP contribution < -0.4 is 10.1 Å². The van der Waals surface area contributed by atoms with Gasteiger partial charge in [-0.05, 0) is 75.6 Å². The number of rotatable bonds is 6. The number of benzene rings is 2. The summed E-state index contributed by atoms with van der Waals surface area (Å²) in [5, 5.41) is 8.22. The zero-order valence-corrected chi connectivity index (χ0v) is 22.4. The number of piperidine rings is 1. The van der Waals surface area contributed by atoms with E-state index in [-0.39, 0.29) is 17.9 Å². The van der Waals surface area contributed by atoms with E-state index >= 15 is 0 Å². The molecular weight excluding hydrogens is 492 g/mol. The Bertz CT molecular complexity index is 1240. The van der Waals surface area contributed by atoms with Crippen LogP contribution in [0.15, 0.2) is 54.7 Å². The van der Waals surface area contributed by atoms with Gasteiger partial charge < -0.3 is 19.7 Å². The lowest BCUT2D eigenvalue weighted by molar-refractivity contribution is 0.0203. The van der Waals surface area contributed by atoms with Gasteiger partial charge in [-0.1, -0.05) is 23.7 Å². The molecule has 1 fully saturated rings. The highest BCUT2D eigenvalue weighted by Gasteiger charge is 2.32. The first-order valence-electron chi connectivity index (χ1n) is 12.4. The van der Waals surface area contributed by atoms with E-state index in [1.165, 1.54) is 0 Å². The van der Waals surface area contributed by atoms with Gasteiger partial charge >= 0.3 is 6.09 Å². The van der Waals surface area contributed by atoms with Crippen LogP contribution in [0.1, 0.15) is 61.1 Å². The molecule has 4 rings (SSSR count). The van der Waals surface area contributed by atoms with Crippen LogP contribution in [0.4, 0.5) is 4.79 Å². The first-order chi connectivity index (χ1) is 17.6. The number of nitrogens with zero attached hydrogens (tertiary/aromatic N) is 3. The molecule has 2 amide bonds. The van der Waals surface area contributed by atoms with Crippen LogP contribution in [0.25, 0.3) is 5.69 Å². The van der Waals surface area contributed by atoms with E-state index in [9.17, 15) is 9.59 Å². The lowest BCUT2D eigenvalue weighted by Crippen LogP contribution is -2.41. The van der Waals surface area contributed by atoms with E-state index in [2.05, 4.69) is 10.4 Å². The van der Waals surface area contributed by atoms with Gasteiger partial charge in [-0.15, -0.1) is 0 Å². The van der Waals surface area contributed by atoms with Gasteiger partial charge in [-0.25, -0.2) is 9.48 Å². The molecular formula is C28H33ClN4O4. The van der Waals surface area contributed by atoms with Crippen LogP contribution in [0.2, 0.25) is 5.02 Å². The van der Waals surface area contributed by atoms with Crippen LogP contribution in [-0.4, -0.2) is 52.5 Å². The maximum Gasteiger partial charge on any atom is 0.410 e. The SMILES string of the molecule is COc1ccc(-n2ncc(C(=O)NCc3cccc(Cl)c3)c2C2CCN(C(=O)OC(C)(C)C)CC2)cc1. The number of hydrogen-bond acceptors (Lipinski definition) is 5. The van der Waals surface area contributed by atoms with Gasteiger partial charge in [0.2, 0.25) is 0 Å². The first kappa shape index (κ1) is 26.5. The van der Waals surface area contributed by atoms with Crippen LogP contribution >= 0.6 is 11.6 Å². The van der Waals surface area contributed by atoms with Gasteiger partial charge in [0, 0.05) is 30.6 Å². The van der Waals surface area contributed by atoms with Crippen molar-refractivity contribution in [3.63, 3.8) is 0 Å². The Hall–Kier alpha value is -3.52. The second-order valence-electron chi connectivity index (χ2n) is 10.1. The van der Waals surface area contributed by atoms with Crippen molar-refractivity contribution < 1.29 is 19.1 Å². The minimum absolute atomic E-state index is 0.0372. The summed E-state index contributed by atoms with van der Waals surface area (Å²) in [5.74, 6) is 0.571. The number of hydrogen-bond donors (Lipinski definition) is 1. The number of nitrogens with one attached hydrogen (secondary N) is 1. The summed E-state index contributed by atoms with van der Waals surface area (Å²) >= 11 is 6.09. The van der Waals surface area contributed by atoms with E-state index in [0.29, 0.717) is 43.1 Å². The maximum absolute atomic E-state index is 13.3. The number of carbonyl (C=O) groups excluding carboxylic acids is 2. The number of halogens is 1. The van der Waals surface area contributed by atoms with Crippen LogP contribution in [-0.2, 0) is 11.3 Å². The van der Waals surface area contributed by atoms with Crippen molar-refractivity contribution in [2.45, 2.75) is 51.7 Å². The minimum atomic E-state index is -0.546. The fraction of sp³-hybridized carbons (Fsp3) is 0.393. The van der Waals surface area contributed by atoms with Crippen molar-refractivity contribution in [3.05, 3.63) is 76.6 Å². The molecule has 2 aromatic carbocycles. The largest absolute Gasteiger partial charge is 0.497 e. The molecule has 37 heavy (non-hydrogen) atoms. The smallest absolute Gasteiger partial charge is 0.410 e. The maximum atomic E-state index is 13.3. The molecule has 3 aromatic rings. The Balaban J connectivity index is 1.57. The summed E-state index contributed by atoms with van der Waals surface area (Å²) in [5.41, 5.74) is 2.55. The Morgan fingerprint density at radius 3 is 2.43 bits per heavy atom. The Labute approximate surface area is 222 Å². The molecule has 8 nitrogen and oxygen atoms in total. The summed E-state index contributed by atoms with van der Waals surface area (Å²) in [6.45, 7) is 7.01. The van der Waals surface area contributed by atoms with Crippen LogP contribution in [0, 0.1) is 0 Å². The van der Waals surface area contributed by atoms with Crippen molar-refractivity contribution in [1.82, 2.24) is 20.0 Å². The molecule has 0 atom stereocenters. The van der Waals surface area contributed by atoms with E-state index in [1.807, 2.05) is 67.9 Å². The molecule has 1 aliphatic heterocycles. The highest BCUT2D eigenvalue weighted by molar-refractivity contribution is 6.30. The predicted octanol–water partition coefficient (Wildman–Crippen LogP) is 5.58. The minimum Gasteiger partial charge on any atom is -0.497 e. The second-order valence-corrected chi connectivity index (χ2v) is 10.5. The number of carbonyl (C=O) groups is 2. The number of likely N-dealkylation sites (tertiary alicyclic amines) is 1. The molecule has 1 aliphatic rings. The standard InChI is InChI=1S/C28H33ClN4O4/c1-28(2,3)37-27(35)32-14-12-20(13-15-32)25-24(26(34)30-17-19-6-5-7-21(29)16-19)18-31-33(25)22-8-10-23(36-4)11-9-22/h5-11,16,18,20H,12-15,17H2,1-4H3,(H,30,34). The molecule has 0 unspecified atom stereocenters. The molecule has 9 heteroatoms. The summed E-state index contributed by atoms with van der Waals surface area (Å²) in [4.78, 5) is 27.6. The Morgan fingerprint density at radius 2 is 1.81 bits per heavy atom. The van der Waals surface area contributed by atoms with Crippen molar-refractivity contribution in [2.75, 3.05) is 20.2 Å². The average molecular weight is 525 g/mol. The molecule has 0 spiro atoms. The number of amides is 2. The van der Waals surface area contributed by atoms with Crippen molar-refractivity contribution in [1.29, 1.82) is 0 Å². The van der Waals surface area contributed by atoms with Gasteiger partial charge in [-0.3, -0.25) is 4.79 Å². The molecule has 0 bridgehead atoms. The molecule has 0 radical (unpaired) electrons. The van der Waals surface area contributed by atoms with E-state index in [0.717, 1.165) is 22.7 Å². The van der Waals surface area contributed by atoms with Crippen molar-refractivity contribution in [2.24, 2.45) is 0 Å². The zero-order chi connectivity index (χ0) is 26.6. The topological polar surface area (TPSA) is 85.7 Å². The quantitative estimate of drug-likeness (QED) is 0.455. The summed E-state index contributed by atoms with van der Waals surface area (Å²) in [6, 6.07) is 15.0. The Morgan fingerprint density at radius 1 is 1.11 bits per heavy atom. The summed E-state index contributed by atoms with van der Waals surface area (Å²) in [6.07, 6.45) is 2.69. The summed E-state index contributed by atoms with van der Waals surface area (Å²) in [7, 11) is 1.62. The monoisotopic (exact) mass is 524 g/mol. The molecule has 196 valence electrons. The van der Waals surface area contributed by atoms with Gasteiger partial charge in [-0.2, -0.15) is 5.10 Å². The fourth-order valence-electron chi connectivity index (χ4n) is 4.44. The van der Waals surface area contributed by atoms with Gasteiger partial charge in [0.1, 0.15) is 11.4 Å². The molecule has 0 saturated carbocycles. The third-order valence-electron chi connectivity index (χ3n) is 6.24. The fourth-order valence-corrected chi connectivity index (χ4v) is 4.65. The van der Waals surface area contributed by atoms with E-state index in [4.69, 9.17) is 21.1 Å². The normalized spacial score (nSPS) is 14.4. The molecule has 1 saturated heterocycles. The van der Waals surface area contributed by atoms with Gasteiger partial charge in [0.05, 0.1) is 30.3 Å². The average Bonchev–Trinajstić information content (AvgIpc) is 3.32. The third-order valence-corrected chi connectivity index (χ3v) is 6.48. The van der Waals surface area contributed by atoms with Crippen LogP contribution in [0.5, 0.6) is 5.75 Å². The molecule has 1 aromatic heterocycles. The second kappa shape index (κ2) is 11.3. The molecule has 0 aliphatic carbocycles. The van der Waals surface area contributed by atoms with Crippen molar-refractivity contribution >= 4 is 23.6 Å². The lowest BCUT2D eigenvalue weighted by atomic mass is 9.90. The third kappa shape index (κ3) is 6.63. The van der Waals surface area contributed by atoms with Crippen LogP contribution in [0.3, 0.4) is 0 Å². The molecule has 2 heterocycles. The first-order valence-corrected chi connectivity index (χ1v) is 12.8. The Kier molecular flexibility index (Phi) is 8.07. The number of ether oxygens (including phenoxy) is 2.